The number of anilines is 2. The SMILES string of the molecule is CC(=O)C1c2c(NC(=O)c3ccc(Oc4ccccc4)cc3)n[nH]c2CN1c1ccc(OCCC2CN(C)CCN2)cc1. The molecule has 10 nitrogen and oxygen atoms in total. The van der Waals surface area contributed by atoms with Gasteiger partial charge >= 0.3 is 0 Å². The Kier molecular flexibility index (Phi) is 8.39. The molecule has 2 aliphatic rings. The van der Waals surface area contributed by atoms with Crippen molar-refractivity contribution in [3.63, 3.8) is 0 Å². The maximum absolute atomic E-state index is 13.1. The summed E-state index contributed by atoms with van der Waals surface area (Å²) in [6.07, 6.45) is 0.937. The molecule has 0 spiro atoms. The maximum atomic E-state index is 13.1. The first-order valence-electron chi connectivity index (χ1n) is 14.6. The molecular weight excluding hydrogens is 544 g/mol. The van der Waals surface area contributed by atoms with Gasteiger partial charge in [0.2, 0.25) is 0 Å². The van der Waals surface area contributed by atoms with Crippen LogP contribution in [0.4, 0.5) is 11.5 Å². The number of likely N-dealkylation sites (N-methyl/N-ethyl adjacent to an activating group) is 1. The first-order valence-corrected chi connectivity index (χ1v) is 14.6. The molecule has 43 heavy (non-hydrogen) atoms. The van der Waals surface area contributed by atoms with Crippen molar-refractivity contribution in [1.29, 1.82) is 0 Å². The molecule has 1 saturated heterocycles. The van der Waals surface area contributed by atoms with Crippen LogP contribution in [0, 0.1) is 0 Å². The highest BCUT2D eigenvalue weighted by atomic mass is 16.5. The lowest BCUT2D eigenvalue weighted by molar-refractivity contribution is -0.118. The average molecular weight is 581 g/mol. The predicted octanol–water partition coefficient (Wildman–Crippen LogP) is 4.78. The second-order valence-electron chi connectivity index (χ2n) is 11.0. The summed E-state index contributed by atoms with van der Waals surface area (Å²) < 4.78 is 11.8. The number of carbonyl (C=O) groups is 2. The van der Waals surface area contributed by atoms with E-state index in [2.05, 4.69) is 32.8 Å². The Morgan fingerprint density at radius 2 is 1.70 bits per heavy atom. The number of aromatic amines is 1. The van der Waals surface area contributed by atoms with Crippen LogP contribution in [0.1, 0.15) is 41.0 Å². The smallest absolute Gasteiger partial charge is 0.256 e. The summed E-state index contributed by atoms with van der Waals surface area (Å²) in [5.74, 6) is 2.13. The van der Waals surface area contributed by atoms with Crippen LogP contribution < -0.4 is 25.0 Å². The van der Waals surface area contributed by atoms with Gasteiger partial charge in [0.05, 0.1) is 18.8 Å². The number of rotatable bonds is 10. The number of nitrogens with one attached hydrogen (secondary N) is 3. The fourth-order valence-electron chi connectivity index (χ4n) is 5.69. The number of hydrogen-bond donors (Lipinski definition) is 3. The number of carbonyl (C=O) groups excluding carboxylic acids is 2. The third-order valence-electron chi connectivity index (χ3n) is 7.87. The highest BCUT2D eigenvalue weighted by Gasteiger charge is 2.38. The highest BCUT2D eigenvalue weighted by Crippen LogP contribution is 2.41. The molecule has 10 heteroatoms. The molecule has 0 radical (unpaired) electrons. The molecule has 6 rings (SSSR count). The normalized spacial score (nSPS) is 18.2. The molecule has 2 atom stereocenters. The van der Waals surface area contributed by atoms with Gasteiger partial charge in [-0.25, -0.2) is 0 Å². The Morgan fingerprint density at radius 3 is 2.42 bits per heavy atom. The lowest BCUT2D eigenvalue weighted by Crippen LogP contribution is -2.49. The van der Waals surface area contributed by atoms with Gasteiger partial charge in [0.1, 0.15) is 23.3 Å². The molecule has 3 N–H and O–H groups in total. The largest absolute Gasteiger partial charge is 0.494 e. The van der Waals surface area contributed by atoms with Gasteiger partial charge in [0, 0.05) is 42.5 Å². The minimum absolute atomic E-state index is 0.0386. The summed E-state index contributed by atoms with van der Waals surface area (Å²) in [5, 5.41) is 13.8. The summed E-state index contributed by atoms with van der Waals surface area (Å²) >= 11 is 0. The van der Waals surface area contributed by atoms with E-state index in [0.29, 0.717) is 47.6 Å². The second-order valence-corrected chi connectivity index (χ2v) is 11.0. The zero-order valence-electron chi connectivity index (χ0n) is 24.4. The number of amides is 1. The lowest BCUT2D eigenvalue weighted by Gasteiger charge is -2.30. The molecule has 0 aliphatic carbocycles. The summed E-state index contributed by atoms with van der Waals surface area (Å²) in [7, 11) is 2.14. The van der Waals surface area contributed by atoms with Crippen molar-refractivity contribution in [2.45, 2.75) is 32.0 Å². The van der Waals surface area contributed by atoms with Crippen LogP contribution in [0.25, 0.3) is 0 Å². The second kappa shape index (κ2) is 12.7. The van der Waals surface area contributed by atoms with Gasteiger partial charge in [-0.1, -0.05) is 18.2 Å². The van der Waals surface area contributed by atoms with E-state index in [9.17, 15) is 9.59 Å². The minimum Gasteiger partial charge on any atom is -0.494 e. The van der Waals surface area contributed by atoms with Crippen LogP contribution in [0.2, 0.25) is 0 Å². The number of benzene rings is 3. The van der Waals surface area contributed by atoms with Crippen molar-refractivity contribution in [1.82, 2.24) is 20.4 Å². The predicted molar refractivity (Wildman–Crippen MR) is 165 cm³/mol. The molecule has 2 aliphatic heterocycles. The molecule has 3 heterocycles. The number of fused-ring (bicyclic) bond motifs is 1. The first kappa shape index (κ1) is 28.4. The highest BCUT2D eigenvalue weighted by molar-refractivity contribution is 6.05. The fourth-order valence-corrected chi connectivity index (χ4v) is 5.69. The summed E-state index contributed by atoms with van der Waals surface area (Å²) in [4.78, 5) is 30.4. The number of aromatic nitrogens is 2. The minimum atomic E-state index is -0.577. The molecule has 2 unspecified atom stereocenters. The van der Waals surface area contributed by atoms with E-state index in [4.69, 9.17) is 9.47 Å². The van der Waals surface area contributed by atoms with Crippen molar-refractivity contribution in [2.24, 2.45) is 0 Å². The van der Waals surface area contributed by atoms with Crippen LogP contribution >= 0.6 is 0 Å². The molecule has 0 saturated carbocycles. The zero-order valence-corrected chi connectivity index (χ0v) is 24.4. The number of para-hydroxylation sites is 1. The van der Waals surface area contributed by atoms with Crippen molar-refractivity contribution in [3.8, 4) is 17.2 Å². The number of hydrogen-bond acceptors (Lipinski definition) is 8. The van der Waals surface area contributed by atoms with Crippen LogP contribution in [0.15, 0.2) is 78.9 Å². The Hall–Kier alpha value is -4.67. The van der Waals surface area contributed by atoms with E-state index < -0.39 is 6.04 Å². The average Bonchev–Trinajstić information content (AvgIpc) is 3.58. The van der Waals surface area contributed by atoms with E-state index in [1.807, 2.05) is 59.5 Å². The van der Waals surface area contributed by atoms with Crippen LogP contribution in [-0.4, -0.2) is 66.1 Å². The third kappa shape index (κ3) is 6.55. The number of ether oxygens (including phenoxy) is 2. The quantitative estimate of drug-likeness (QED) is 0.246. The molecule has 3 aromatic carbocycles. The van der Waals surface area contributed by atoms with Crippen molar-refractivity contribution < 1.29 is 19.1 Å². The number of piperazine rings is 1. The van der Waals surface area contributed by atoms with E-state index in [-0.39, 0.29) is 11.7 Å². The summed E-state index contributed by atoms with van der Waals surface area (Å²) in [5.41, 5.74) is 2.83. The molecule has 0 bridgehead atoms. The molecule has 4 aromatic rings. The zero-order chi connectivity index (χ0) is 29.8. The summed E-state index contributed by atoms with van der Waals surface area (Å²) in [6.45, 7) is 5.76. The Balaban J connectivity index is 1.09. The topological polar surface area (TPSA) is 112 Å². The van der Waals surface area contributed by atoms with Crippen LogP contribution in [0.3, 0.4) is 0 Å². The molecule has 1 aromatic heterocycles. The van der Waals surface area contributed by atoms with Gasteiger partial charge in [0.15, 0.2) is 11.6 Å². The molecule has 222 valence electrons. The Labute approximate surface area is 251 Å². The van der Waals surface area contributed by atoms with Crippen molar-refractivity contribution in [3.05, 3.63) is 95.7 Å². The van der Waals surface area contributed by atoms with Gasteiger partial charge in [-0.3, -0.25) is 14.7 Å². The number of Topliss-reactive ketones (excluding diaryl/α,β-unsaturated/α-hetero) is 1. The number of ketones is 1. The van der Waals surface area contributed by atoms with Gasteiger partial charge in [-0.2, -0.15) is 5.10 Å². The van der Waals surface area contributed by atoms with Gasteiger partial charge in [-0.05, 0) is 81.1 Å². The van der Waals surface area contributed by atoms with Crippen molar-refractivity contribution in [2.75, 3.05) is 43.5 Å². The third-order valence-corrected chi connectivity index (χ3v) is 7.87. The van der Waals surface area contributed by atoms with Gasteiger partial charge < -0.3 is 29.9 Å². The molecular formula is C33H36N6O4. The fraction of sp³-hybridized carbons (Fsp3) is 0.303. The standard InChI is InChI=1S/C33H36N6O4/c1-22(40)31-30-29(21-39(31)25-10-14-26(15-11-25)42-19-16-24-20-38(2)18-17-34-24)36-37-32(30)35-33(41)23-8-12-28(13-9-23)43-27-6-4-3-5-7-27/h3-15,24,31,34H,16-21H2,1-2H3,(H2,35,36,37,41). The number of H-pyrrole nitrogens is 1. The number of nitrogens with zero attached hydrogens (tertiary/aromatic N) is 3. The van der Waals surface area contributed by atoms with E-state index in [1.165, 1.54) is 0 Å². The Bertz CT molecular complexity index is 1550. The van der Waals surface area contributed by atoms with Gasteiger partial charge in [0.25, 0.3) is 5.91 Å². The van der Waals surface area contributed by atoms with Crippen LogP contribution in [-0.2, 0) is 11.3 Å². The van der Waals surface area contributed by atoms with Crippen LogP contribution in [0.5, 0.6) is 17.2 Å². The summed E-state index contributed by atoms with van der Waals surface area (Å²) in [6, 6.07) is 24.0. The molecule has 1 fully saturated rings. The van der Waals surface area contributed by atoms with E-state index in [0.717, 1.165) is 43.2 Å². The van der Waals surface area contributed by atoms with Gasteiger partial charge in [-0.15, -0.1) is 0 Å². The monoisotopic (exact) mass is 580 g/mol. The van der Waals surface area contributed by atoms with Crippen molar-refractivity contribution >= 4 is 23.2 Å². The van der Waals surface area contributed by atoms with E-state index >= 15 is 0 Å². The first-order chi connectivity index (χ1) is 20.9. The Morgan fingerprint density at radius 1 is 0.977 bits per heavy atom. The maximum Gasteiger partial charge on any atom is 0.256 e. The molecule has 1 amide bonds. The lowest BCUT2D eigenvalue weighted by atomic mass is 10.1. The van der Waals surface area contributed by atoms with E-state index in [1.54, 1.807) is 31.2 Å².